The number of nitrogens with zero attached hydrogens (tertiary/aromatic N) is 3. The summed E-state index contributed by atoms with van der Waals surface area (Å²) in [5, 5.41) is 6.62. The number of aromatic nitrogens is 1. The quantitative estimate of drug-likeness (QED) is 0.232. The van der Waals surface area contributed by atoms with Crippen molar-refractivity contribution in [2.45, 2.75) is 52.5 Å². The average Bonchev–Trinajstić information content (AvgIpc) is 2.96. The molecule has 1 saturated heterocycles. The molecule has 6 nitrogen and oxygen atoms in total. The van der Waals surface area contributed by atoms with Crippen molar-refractivity contribution in [3.63, 3.8) is 0 Å². The first-order valence-electron chi connectivity index (χ1n) is 10.4. The van der Waals surface area contributed by atoms with Crippen molar-refractivity contribution in [3.8, 4) is 0 Å². The van der Waals surface area contributed by atoms with E-state index in [-0.39, 0.29) is 24.0 Å². The van der Waals surface area contributed by atoms with Gasteiger partial charge in [0.15, 0.2) is 5.96 Å². The zero-order chi connectivity index (χ0) is 19.3. The summed E-state index contributed by atoms with van der Waals surface area (Å²) in [7, 11) is 1.79. The van der Waals surface area contributed by atoms with Crippen molar-refractivity contribution in [2.75, 3.05) is 44.8 Å². The summed E-state index contributed by atoms with van der Waals surface area (Å²) in [6.07, 6.45) is 8.30. The summed E-state index contributed by atoms with van der Waals surface area (Å²) in [6, 6.07) is 4.30. The maximum Gasteiger partial charge on any atom is 0.191 e. The van der Waals surface area contributed by atoms with Crippen LogP contribution in [0, 0.1) is 5.92 Å². The van der Waals surface area contributed by atoms with Gasteiger partial charge in [-0.1, -0.05) is 32.8 Å². The van der Waals surface area contributed by atoms with Gasteiger partial charge in [-0.15, -0.1) is 24.0 Å². The fourth-order valence-electron chi connectivity index (χ4n) is 3.08. The van der Waals surface area contributed by atoms with Crippen LogP contribution >= 0.6 is 24.0 Å². The second-order valence-electron chi connectivity index (χ2n) is 7.57. The minimum atomic E-state index is 0. The van der Waals surface area contributed by atoms with E-state index in [1.807, 2.05) is 6.20 Å². The summed E-state index contributed by atoms with van der Waals surface area (Å²) >= 11 is 0. The predicted molar refractivity (Wildman–Crippen MR) is 129 cm³/mol. The molecule has 0 unspecified atom stereocenters. The highest BCUT2D eigenvalue weighted by Crippen LogP contribution is 2.17. The number of ether oxygens (including phenoxy) is 1. The number of aliphatic imine (C=N–C) groups is 1. The van der Waals surface area contributed by atoms with Gasteiger partial charge < -0.3 is 20.3 Å². The SMILES string of the molecule is CN=C(NCCOCCC(C)C)NCc1ccc(N2CCCCCC2)nc1.I. The molecule has 2 heterocycles. The minimum Gasteiger partial charge on any atom is -0.380 e. The van der Waals surface area contributed by atoms with Crippen molar-refractivity contribution in [1.82, 2.24) is 15.6 Å². The van der Waals surface area contributed by atoms with Crippen LogP contribution in [0.5, 0.6) is 0 Å². The van der Waals surface area contributed by atoms with Crippen LogP contribution in [0.3, 0.4) is 0 Å². The molecule has 1 aliphatic heterocycles. The molecule has 0 saturated carbocycles. The molecule has 28 heavy (non-hydrogen) atoms. The topological polar surface area (TPSA) is 61.8 Å². The van der Waals surface area contributed by atoms with Crippen LogP contribution in [0.25, 0.3) is 0 Å². The Labute approximate surface area is 187 Å². The third-order valence-electron chi connectivity index (χ3n) is 4.80. The molecule has 0 amide bonds. The third-order valence-corrected chi connectivity index (χ3v) is 4.80. The summed E-state index contributed by atoms with van der Waals surface area (Å²) in [6.45, 7) is 9.65. The molecule has 0 aromatic carbocycles. The molecule has 1 aromatic rings. The minimum absolute atomic E-state index is 0. The predicted octanol–water partition coefficient (Wildman–Crippen LogP) is 3.81. The molecule has 1 aliphatic rings. The number of rotatable bonds is 9. The van der Waals surface area contributed by atoms with Crippen molar-refractivity contribution in [1.29, 1.82) is 0 Å². The smallest absolute Gasteiger partial charge is 0.191 e. The Kier molecular flexibility index (Phi) is 13.2. The Balaban J connectivity index is 0.00000392. The molecular weight excluding hydrogens is 465 g/mol. The number of anilines is 1. The van der Waals surface area contributed by atoms with Gasteiger partial charge >= 0.3 is 0 Å². The maximum absolute atomic E-state index is 5.62. The molecule has 0 atom stereocenters. The van der Waals surface area contributed by atoms with Gasteiger partial charge in [0.25, 0.3) is 0 Å². The lowest BCUT2D eigenvalue weighted by atomic mass is 10.1. The highest BCUT2D eigenvalue weighted by molar-refractivity contribution is 14.0. The van der Waals surface area contributed by atoms with Gasteiger partial charge in [-0.3, -0.25) is 4.99 Å². The van der Waals surface area contributed by atoms with E-state index in [9.17, 15) is 0 Å². The Bertz CT molecular complexity index is 542. The van der Waals surface area contributed by atoms with E-state index in [2.05, 4.69) is 51.5 Å². The summed E-state index contributed by atoms with van der Waals surface area (Å²) in [5.41, 5.74) is 1.16. The van der Waals surface area contributed by atoms with Crippen LogP contribution in [0.15, 0.2) is 23.3 Å². The van der Waals surface area contributed by atoms with Crippen LogP contribution in [0.1, 0.15) is 51.5 Å². The lowest BCUT2D eigenvalue weighted by Gasteiger charge is -2.21. The highest BCUT2D eigenvalue weighted by atomic mass is 127. The Morgan fingerprint density at radius 2 is 1.89 bits per heavy atom. The molecule has 0 bridgehead atoms. The average molecular weight is 503 g/mol. The molecule has 0 spiro atoms. The molecule has 7 heteroatoms. The van der Waals surface area contributed by atoms with E-state index < -0.39 is 0 Å². The number of hydrogen-bond acceptors (Lipinski definition) is 4. The van der Waals surface area contributed by atoms with Crippen LogP contribution in [-0.4, -0.2) is 50.8 Å². The fraction of sp³-hybridized carbons (Fsp3) is 0.714. The second kappa shape index (κ2) is 14.8. The van der Waals surface area contributed by atoms with Gasteiger partial charge in [0.05, 0.1) is 6.61 Å². The molecular formula is C21H38IN5O. The first kappa shape index (κ1) is 24.9. The van der Waals surface area contributed by atoms with E-state index in [0.29, 0.717) is 19.1 Å². The van der Waals surface area contributed by atoms with Crippen LogP contribution < -0.4 is 15.5 Å². The van der Waals surface area contributed by atoms with E-state index in [4.69, 9.17) is 4.74 Å². The van der Waals surface area contributed by atoms with Crippen molar-refractivity contribution in [2.24, 2.45) is 10.9 Å². The summed E-state index contributed by atoms with van der Waals surface area (Å²) in [4.78, 5) is 11.3. The van der Waals surface area contributed by atoms with Crippen LogP contribution in [0.4, 0.5) is 5.82 Å². The zero-order valence-electron chi connectivity index (χ0n) is 17.7. The van der Waals surface area contributed by atoms with Gasteiger partial charge in [-0.2, -0.15) is 0 Å². The second-order valence-corrected chi connectivity index (χ2v) is 7.57. The molecule has 1 aromatic heterocycles. The van der Waals surface area contributed by atoms with Gasteiger partial charge in [0.2, 0.25) is 0 Å². The largest absolute Gasteiger partial charge is 0.380 e. The van der Waals surface area contributed by atoms with Crippen molar-refractivity contribution >= 4 is 35.8 Å². The molecule has 2 rings (SSSR count). The van der Waals surface area contributed by atoms with E-state index in [1.165, 1.54) is 25.7 Å². The Morgan fingerprint density at radius 3 is 2.50 bits per heavy atom. The van der Waals surface area contributed by atoms with Gasteiger partial charge in [-0.25, -0.2) is 4.98 Å². The van der Waals surface area contributed by atoms with E-state index in [0.717, 1.165) is 50.0 Å². The lowest BCUT2D eigenvalue weighted by molar-refractivity contribution is 0.128. The van der Waals surface area contributed by atoms with Gasteiger partial charge in [0.1, 0.15) is 5.82 Å². The molecule has 0 aliphatic carbocycles. The third kappa shape index (κ3) is 9.91. The number of halogens is 1. The Hall–Kier alpha value is -1.09. The molecule has 0 radical (unpaired) electrons. The maximum atomic E-state index is 5.62. The normalized spacial score (nSPS) is 15.1. The van der Waals surface area contributed by atoms with Crippen molar-refractivity contribution in [3.05, 3.63) is 23.9 Å². The van der Waals surface area contributed by atoms with Crippen molar-refractivity contribution < 1.29 is 4.74 Å². The fourth-order valence-corrected chi connectivity index (χ4v) is 3.08. The van der Waals surface area contributed by atoms with E-state index in [1.54, 1.807) is 7.05 Å². The summed E-state index contributed by atoms with van der Waals surface area (Å²) in [5.74, 6) is 2.58. The number of pyridine rings is 1. The van der Waals surface area contributed by atoms with E-state index >= 15 is 0 Å². The molecule has 2 N–H and O–H groups in total. The lowest BCUT2D eigenvalue weighted by Crippen LogP contribution is -2.38. The van der Waals surface area contributed by atoms with Gasteiger partial charge in [0, 0.05) is 46.0 Å². The molecule has 1 fully saturated rings. The Morgan fingerprint density at radius 1 is 1.14 bits per heavy atom. The zero-order valence-corrected chi connectivity index (χ0v) is 20.1. The monoisotopic (exact) mass is 503 g/mol. The highest BCUT2D eigenvalue weighted by Gasteiger charge is 2.10. The number of hydrogen-bond donors (Lipinski definition) is 2. The molecule has 160 valence electrons. The first-order chi connectivity index (χ1) is 13.2. The number of guanidine groups is 1. The van der Waals surface area contributed by atoms with Gasteiger partial charge in [-0.05, 0) is 36.8 Å². The van der Waals surface area contributed by atoms with Crippen LogP contribution in [0.2, 0.25) is 0 Å². The summed E-state index contributed by atoms with van der Waals surface area (Å²) < 4.78 is 5.62. The number of nitrogens with one attached hydrogen (secondary N) is 2. The standard InChI is InChI=1S/C21H37N5O.HI/c1-18(2)10-14-27-15-11-23-21(22-3)25-17-19-8-9-20(24-16-19)26-12-6-4-5-7-13-26;/h8-9,16,18H,4-7,10-15,17H2,1-3H3,(H2,22,23,25);1H. The van der Waals surface area contributed by atoms with Crippen LogP contribution in [-0.2, 0) is 11.3 Å². The first-order valence-corrected chi connectivity index (χ1v) is 10.4.